The molecule has 0 aromatic heterocycles. The van der Waals surface area contributed by atoms with Crippen LogP contribution in [0.5, 0.6) is 0 Å². The molecule has 0 bridgehead atoms. The predicted octanol–water partition coefficient (Wildman–Crippen LogP) is 2.71. The smallest absolute Gasteiger partial charge is 0.407 e. The lowest BCUT2D eigenvalue weighted by Gasteiger charge is -2.34. The normalized spacial score (nSPS) is 19.1. The Hall–Kier alpha value is -1.71. The van der Waals surface area contributed by atoms with Crippen LogP contribution >= 0.6 is 0 Å². The summed E-state index contributed by atoms with van der Waals surface area (Å²) in [5, 5.41) is 2.93. The molecule has 0 saturated carbocycles. The van der Waals surface area contributed by atoms with E-state index in [-0.39, 0.29) is 12.1 Å². The molecule has 0 radical (unpaired) electrons. The van der Waals surface area contributed by atoms with Gasteiger partial charge in [0, 0.05) is 24.8 Å². The molecule has 4 heteroatoms. The number of ether oxygens (including phenoxy) is 1. The SMILES string of the molecule is CCOC(=O)NC1CCCN(c2ccc(C)cc2)C1. The Balaban J connectivity index is 1.93. The number of aryl methyl sites for hydroxylation is 1. The first kappa shape index (κ1) is 13.7. The van der Waals surface area contributed by atoms with Gasteiger partial charge in [-0.25, -0.2) is 4.79 Å². The van der Waals surface area contributed by atoms with Crippen molar-refractivity contribution in [2.45, 2.75) is 32.7 Å². The van der Waals surface area contributed by atoms with E-state index in [0.717, 1.165) is 25.9 Å². The van der Waals surface area contributed by atoms with Gasteiger partial charge >= 0.3 is 6.09 Å². The van der Waals surface area contributed by atoms with E-state index in [1.807, 2.05) is 6.92 Å². The standard InChI is InChI=1S/C15H22N2O2/c1-3-19-15(18)16-13-5-4-10-17(11-13)14-8-6-12(2)7-9-14/h6-9,13H,3-5,10-11H2,1-2H3,(H,16,18). The molecular formula is C15H22N2O2. The van der Waals surface area contributed by atoms with E-state index in [0.29, 0.717) is 6.61 Å². The number of carbonyl (C=O) groups excluding carboxylic acids is 1. The highest BCUT2D eigenvalue weighted by Gasteiger charge is 2.21. The molecule has 104 valence electrons. The van der Waals surface area contributed by atoms with Crippen molar-refractivity contribution in [3.8, 4) is 0 Å². The van der Waals surface area contributed by atoms with Gasteiger partial charge in [0.15, 0.2) is 0 Å². The minimum absolute atomic E-state index is 0.175. The number of piperidine rings is 1. The van der Waals surface area contributed by atoms with Crippen LogP contribution in [0.4, 0.5) is 10.5 Å². The predicted molar refractivity (Wildman–Crippen MR) is 76.6 cm³/mol. The Morgan fingerprint density at radius 3 is 2.84 bits per heavy atom. The second-order valence-electron chi connectivity index (χ2n) is 4.99. The summed E-state index contributed by atoms with van der Waals surface area (Å²) in [6.45, 7) is 6.22. The molecule has 1 atom stereocenters. The van der Waals surface area contributed by atoms with Crippen molar-refractivity contribution >= 4 is 11.8 Å². The van der Waals surface area contributed by atoms with Crippen LogP contribution < -0.4 is 10.2 Å². The number of nitrogens with zero attached hydrogens (tertiary/aromatic N) is 1. The Labute approximate surface area is 114 Å². The highest BCUT2D eigenvalue weighted by atomic mass is 16.5. The van der Waals surface area contributed by atoms with E-state index in [2.05, 4.69) is 41.4 Å². The highest BCUT2D eigenvalue weighted by Crippen LogP contribution is 2.20. The maximum absolute atomic E-state index is 11.4. The summed E-state index contributed by atoms with van der Waals surface area (Å²) in [5.41, 5.74) is 2.49. The molecule has 1 aromatic rings. The van der Waals surface area contributed by atoms with Crippen LogP contribution in [0, 0.1) is 6.92 Å². The lowest BCUT2D eigenvalue weighted by Crippen LogP contribution is -2.48. The third kappa shape index (κ3) is 3.88. The van der Waals surface area contributed by atoms with Crippen LogP contribution in [-0.2, 0) is 4.74 Å². The second-order valence-corrected chi connectivity index (χ2v) is 4.99. The van der Waals surface area contributed by atoms with E-state index in [1.54, 1.807) is 0 Å². The number of rotatable bonds is 3. The number of anilines is 1. The van der Waals surface area contributed by atoms with Crippen LogP contribution in [0.2, 0.25) is 0 Å². The van der Waals surface area contributed by atoms with E-state index >= 15 is 0 Å². The molecule has 1 saturated heterocycles. The van der Waals surface area contributed by atoms with Crippen LogP contribution in [-0.4, -0.2) is 31.8 Å². The van der Waals surface area contributed by atoms with Gasteiger partial charge in [-0.1, -0.05) is 17.7 Å². The Morgan fingerprint density at radius 2 is 2.16 bits per heavy atom. The number of benzene rings is 1. The average molecular weight is 262 g/mol. The lowest BCUT2D eigenvalue weighted by atomic mass is 10.0. The monoisotopic (exact) mass is 262 g/mol. The summed E-state index contributed by atoms with van der Waals surface area (Å²) in [6.07, 6.45) is 1.80. The summed E-state index contributed by atoms with van der Waals surface area (Å²) >= 11 is 0. The number of alkyl carbamates (subject to hydrolysis) is 1. The van der Waals surface area contributed by atoms with Gasteiger partial charge in [-0.3, -0.25) is 0 Å². The van der Waals surface area contributed by atoms with Crippen molar-refractivity contribution in [2.24, 2.45) is 0 Å². The summed E-state index contributed by atoms with van der Waals surface area (Å²) in [4.78, 5) is 13.8. The van der Waals surface area contributed by atoms with Crippen LogP contribution in [0.25, 0.3) is 0 Å². The van der Waals surface area contributed by atoms with Crippen LogP contribution in [0.3, 0.4) is 0 Å². The number of carbonyl (C=O) groups is 1. The van der Waals surface area contributed by atoms with Gasteiger partial charge in [0.05, 0.1) is 6.61 Å². The Kier molecular flexibility index (Phi) is 4.66. The second kappa shape index (κ2) is 6.45. The van der Waals surface area contributed by atoms with Crippen molar-refractivity contribution in [1.82, 2.24) is 5.32 Å². The fourth-order valence-corrected chi connectivity index (χ4v) is 2.42. The van der Waals surface area contributed by atoms with Gasteiger partial charge < -0.3 is 15.0 Å². The first-order valence-corrected chi connectivity index (χ1v) is 6.94. The van der Waals surface area contributed by atoms with Crippen molar-refractivity contribution in [3.63, 3.8) is 0 Å². The minimum atomic E-state index is -0.307. The summed E-state index contributed by atoms with van der Waals surface area (Å²) in [5.74, 6) is 0. The summed E-state index contributed by atoms with van der Waals surface area (Å²) in [6, 6.07) is 8.70. The van der Waals surface area contributed by atoms with Crippen molar-refractivity contribution < 1.29 is 9.53 Å². The Bertz CT molecular complexity index is 417. The zero-order valence-electron chi connectivity index (χ0n) is 11.7. The largest absolute Gasteiger partial charge is 0.450 e. The molecule has 4 nitrogen and oxygen atoms in total. The molecule has 1 heterocycles. The number of amides is 1. The van der Waals surface area contributed by atoms with Gasteiger partial charge in [-0.2, -0.15) is 0 Å². The molecule has 1 aliphatic heterocycles. The molecule has 1 aliphatic rings. The molecular weight excluding hydrogens is 240 g/mol. The summed E-state index contributed by atoms with van der Waals surface area (Å²) in [7, 11) is 0. The van der Waals surface area contributed by atoms with Gasteiger partial charge in [0.25, 0.3) is 0 Å². The van der Waals surface area contributed by atoms with Gasteiger partial charge in [-0.15, -0.1) is 0 Å². The number of nitrogens with one attached hydrogen (secondary N) is 1. The Morgan fingerprint density at radius 1 is 1.42 bits per heavy atom. The van der Waals surface area contributed by atoms with Gasteiger partial charge in [-0.05, 0) is 38.8 Å². The molecule has 1 N–H and O–H groups in total. The number of hydrogen-bond acceptors (Lipinski definition) is 3. The van der Waals surface area contributed by atoms with E-state index in [9.17, 15) is 4.79 Å². The molecule has 0 spiro atoms. The molecule has 19 heavy (non-hydrogen) atoms. The molecule has 2 rings (SSSR count). The lowest BCUT2D eigenvalue weighted by molar-refractivity contribution is 0.146. The maximum Gasteiger partial charge on any atom is 0.407 e. The topological polar surface area (TPSA) is 41.6 Å². The first-order valence-electron chi connectivity index (χ1n) is 6.94. The van der Waals surface area contributed by atoms with Gasteiger partial charge in [0.2, 0.25) is 0 Å². The van der Waals surface area contributed by atoms with Crippen molar-refractivity contribution in [3.05, 3.63) is 29.8 Å². The molecule has 1 unspecified atom stereocenters. The van der Waals surface area contributed by atoms with Crippen LogP contribution in [0.15, 0.2) is 24.3 Å². The average Bonchev–Trinajstić information content (AvgIpc) is 2.40. The highest BCUT2D eigenvalue weighted by molar-refractivity contribution is 5.67. The van der Waals surface area contributed by atoms with Crippen LogP contribution in [0.1, 0.15) is 25.3 Å². The quantitative estimate of drug-likeness (QED) is 0.910. The van der Waals surface area contributed by atoms with Crippen molar-refractivity contribution in [1.29, 1.82) is 0 Å². The van der Waals surface area contributed by atoms with E-state index in [4.69, 9.17) is 4.74 Å². The third-order valence-electron chi connectivity index (χ3n) is 3.42. The minimum Gasteiger partial charge on any atom is -0.450 e. The molecule has 1 amide bonds. The first-order chi connectivity index (χ1) is 9.19. The zero-order chi connectivity index (χ0) is 13.7. The van der Waals surface area contributed by atoms with Crippen molar-refractivity contribution in [2.75, 3.05) is 24.6 Å². The van der Waals surface area contributed by atoms with E-state index in [1.165, 1.54) is 11.3 Å². The zero-order valence-corrected chi connectivity index (χ0v) is 11.7. The number of hydrogen-bond donors (Lipinski definition) is 1. The summed E-state index contributed by atoms with van der Waals surface area (Å²) < 4.78 is 4.93. The molecule has 1 fully saturated rings. The third-order valence-corrected chi connectivity index (χ3v) is 3.42. The maximum atomic E-state index is 11.4. The van der Waals surface area contributed by atoms with E-state index < -0.39 is 0 Å². The molecule has 1 aromatic carbocycles. The fourth-order valence-electron chi connectivity index (χ4n) is 2.42. The fraction of sp³-hybridized carbons (Fsp3) is 0.533. The van der Waals surface area contributed by atoms with Gasteiger partial charge in [0.1, 0.15) is 0 Å². The molecule has 0 aliphatic carbocycles.